The molecular weight excluding hydrogens is 602 g/mol. The predicted octanol–water partition coefficient (Wildman–Crippen LogP) is 6.47. The molecule has 0 bridgehead atoms. The van der Waals surface area contributed by atoms with Gasteiger partial charge in [0.25, 0.3) is 0 Å². The molecule has 0 aliphatic heterocycles. The number of nitrogen functional groups attached to an aromatic ring is 1. The van der Waals surface area contributed by atoms with Gasteiger partial charge in [-0.3, -0.25) is 0 Å². The number of carbonyl (C=O) groups is 1. The SMILES string of the molecule is Cc1cccc(N)c1.Cc1cccc(NC(=O)Nc2cc[c-]cc2)c1.O=C=Nc1cc[c-]cc1.[Y].[Y]. The molecule has 2 amide bonds. The molecule has 178 valence electrons. The molecule has 36 heavy (non-hydrogen) atoms. The molecule has 0 aromatic heterocycles. The summed E-state index contributed by atoms with van der Waals surface area (Å²) in [6, 6.07) is 34.7. The minimum Gasteiger partial charge on any atom is -0.399 e. The first-order valence-electron chi connectivity index (χ1n) is 10.4. The number of hydrogen-bond donors (Lipinski definition) is 3. The Morgan fingerprint density at radius 3 is 1.81 bits per heavy atom. The Hall–Kier alpha value is -2.46. The number of aliphatic imine (C=N–C) groups is 1. The Bertz CT molecular complexity index is 1200. The molecule has 0 fully saturated rings. The number of anilines is 3. The fourth-order valence-electron chi connectivity index (χ4n) is 2.66. The topological polar surface area (TPSA) is 96.6 Å². The average molecular weight is 628 g/mol. The van der Waals surface area contributed by atoms with Crippen LogP contribution in [0, 0.1) is 26.0 Å². The second kappa shape index (κ2) is 19.7. The molecule has 2 radical (unpaired) electrons. The van der Waals surface area contributed by atoms with Crippen molar-refractivity contribution in [3.8, 4) is 0 Å². The van der Waals surface area contributed by atoms with Gasteiger partial charge in [-0.1, -0.05) is 30.0 Å². The predicted molar refractivity (Wildman–Crippen MR) is 138 cm³/mol. The molecule has 4 aromatic rings. The summed E-state index contributed by atoms with van der Waals surface area (Å²) >= 11 is 0. The van der Waals surface area contributed by atoms with Crippen molar-refractivity contribution in [2.24, 2.45) is 4.99 Å². The molecule has 6 nitrogen and oxygen atoms in total. The average Bonchev–Trinajstić information content (AvgIpc) is 2.81. The van der Waals surface area contributed by atoms with Crippen LogP contribution in [0.4, 0.5) is 27.5 Å². The molecular formula is C28H26N4O2Y2-2. The van der Waals surface area contributed by atoms with Gasteiger partial charge in [0.15, 0.2) is 0 Å². The monoisotopic (exact) mass is 628 g/mol. The molecule has 0 atom stereocenters. The molecule has 0 saturated carbocycles. The van der Waals surface area contributed by atoms with Gasteiger partial charge >= 0.3 is 6.03 Å². The minimum absolute atomic E-state index is 0. The number of aryl methyl sites for hydroxylation is 2. The van der Waals surface area contributed by atoms with E-state index in [2.05, 4.69) is 27.8 Å². The standard InChI is InChI=1S/C14H13N2O.C7H4NO.C7H9N.2Y/c1-11-6-5-9-13(10-11)16-14(17)15-12-7-3-2-4-8-12;9-6-8-7-4-2-1-3-5-7;1-6-3-2-4-7(8)5-6;;/h3-10H,1H3,(H2,15,16,17);2-5H;2-5H,8H2,1H3;;/q2*-1;;;. The van der Waals surface area contributed by atoms with E-state index in [1.54, 1.807) is 48.5 Å². The number of isocyanates is 1. The second-order valence-corrected chi connectivity index (χ2v) is 7.11. The van der Waals surface area contributed by atoms with Crippen LogP contribution in [0.15, 0.2) is 102 Å². The maximum absolute atomic E-state index is 11.7. The van der Waals surface area contributed by atoms with Crippen LogP contribution in [0.3, 0.4) is 0 Å². The van der Waals surface area contributed by atoms with Crippen molar-refractivity contribution in [1.82, 2.24) is 0 Å². The van der Waals surface area contributed by atoms with Crippen LogP contribution in [-0.2, 0) is 70.2 Å². The van der Waals surface area contributed by atoms with Gasteiger partial charge in [0, 0.05) is 76.8 Å². The Balaban J connectivity index is 0.000000548. The number of urea groups is 1. The molecule has 0 aliphatic rings. The summed E-state index contributed by atoms with van der Waals surface area (Å²) in [7, 11) is 0. The molecule has 0 saturated heterocycles. The smallest absolute Gasteiger partial charge is 0.321 e. The van der Waals surface area contributed by atoms with Crippen molar-refractivity contribution in [2.45, 2.75) is 13.8 Å². The Labute approximate surface area is 262 Å². The molecule has 0 aliphatic carbocycles. The Morgan fingerprint density at radius 2 is 1.31 bits per heavy atom. The number of carbonyl (C=O) groups excluding carboxylic acids is 2. The van der Waals surface area contributed by atoms with Crippen LogP contribution < -0.4 is 16.4 Å². The second-order valence-electron chi connectivity index (χ2n) is 7.11. The third kappa shape index (κ3) is 14.8. The zero-order valence-electron chi connectivity index (χ0n) is 20.2. The summed E-state index contributed by atoms with van der Waals surface area (Å²) in [5.41, 5.74) is 10.8. The largest absolute Gasteiger partial charge is 0.399 e. The van der Waals surface area contributed by atoms with Gasteiger partial charge in [0.05, 0.1) is 0 Å². The van der Waals surface area contributed by atoms with Crippen molar-refractivity contribution in [3.05, 3.63) is 120 Å². The number of nitrogens with zero attached hydrogens (tertiary/aromatic N) is 1. The molecule has 0 heterocycles. The number of nitrogens with one attached hydrogen (secondary N) is 2. The summed E-state index contributed by atoms with van der Waals surface area (Å²) in [5, 5.41) is 5.51. The number of rotatable bonds is 3. The molecule has 4 rings (SSSR count). The Morgan fingerprint density at radius 1 is 0.778 bits per heavy atom. The number of hydrogen-bond acceptors (Lipinski definition) is 4. The van der Waals surface area contributed by atoms with Gasteiger partial charge in [-0.05, 0) is 54.9 Å². The van der Waals surface area contributed by atoms with E-state index in [9.17, 15) is 9.59 Å². The van der Waals surface area contributed by atoms with Crippen molar-refractivity contribution >= 4 is 34.9 Å². The van der Waals surface area contributed by atoms with E-state index in [0.717, 1.165) is 22.6 Å². The number of amides is 2. The van der Waals surface area contributed by atoms with E-state index in [0.29, 0.717) is 5.69 Å². The first kappa shape index (κ1) is 33.5. The fraction of sp³-hybridized carbons (Fsp3) is 0.0714. The maximum Gasteiger partial charge on any atom is 0.321 e. The van der Waals surface area contributed by atoms with E-state index in [-0.39, 0.29) is 71.4 Å². The zero-order valence-corrected chi connectivity index (χ0v) is 25.9. The van der Waals surface area contributed by atoms with Gasteiger partial charge in [-0.2, -0.15) is 41.4 Å². The van der Waals surface area contributed by atoms with E-state index in [4.69, 9.17) is 5.73 Å². The number of benzene rings is 4. The van der Waals surface area contributed by atoms with Crippen LogP contribution >= 0.6 is 0 Å². The van der Waals surface area contributed by atoms with Crippen molar-refractivity contribution in [3.63, 3.8) is 0 Å². The van der Waals surface area contributed by atoms with Gasteiger partial charge in [-0.25, -0.2) is 9.59 Å². The summed E-state index contributed by atoms with van der Waals surface area (Å²) in [4.78, 5) is 24.7. The fourth-order valence-corrected chi connectivity index (χ4v) is 2.66. The molecule has 8 heteroatoms. The van der Waals surface area contributed by atoms with Gasteiger partial charge in [0.1, 0.15) is 0 Å². The van der Waals surface area contributed by atoms with Crippen molar-refractivity contribution < 1.29 is 75.0 Å². The normalized spacial score (nSPS) is 8.61. The van der Waals surface area contributed by atoms with Crippen LogP contribution in [0.2, 0.25) is 0 Å². The summed E-state index contributed by atoms with van der Waals surface area (Å²) in [6.45, 7) is 4.01. The molecule has 4 N–H and O–H groups in total. The van der Waals surface area contributed by atoms with Gasteiger partial charge in [0.2, 0.25) is 6.08 Å². The summed E-state index contributed by atoms with van der Waals surface area (Å²) in [5.74, 6) is 0. The summed E-state index contributed by atoms with van der Waals surface area (Å²) < 4.78 is 0. The van der Waals surface area contributed by atoms with Crippen molar-refractivity contribution in [1.29, 1.82) is 0 Å². The van der Waals surface area contributed by atoms with E-state index < -0.39 is 0 Å². The zero-order chi connectivity index (χ0) is 24.6. The maximum atomic E-state index is 11.7. The molecule has 0 unspecified atom stereocenters. The van der Waals surface area contributed by atoms with Crippen LogP contribution in [0.25, 0.3) is 0 Å². The summed E-state index contributed by atoms with van der Waals surface area (Å²) in [6.07, 6.45) is 1.45. The van der Waals surface area contributed by atoms with Crippen LogP contribution in [0.5, 0.6) is 0 Å². The first-order valence-corrected chi connectivity index (χ1v) is 10.4. The Kier molecular flexibility index (Phi) is 18.3. The third-order valence-corrected chi connectivity index (χ3v) is 4.17. The quantitative estimate of drug-likeness (QED) is 0.105. The van der Waals surface area contributed by atoms with E-state index in [1.165, 1.54) is 11.6 Å². The van der Waals surface area contributed by atoms with Gasteiger partial charge < -0.3 is 16.4 Å². The minimum atomic E-state index is -0.248. The number of nitrogens with two attached hydrogens (primary N) is 1. The van der Waals surface area contributed by atoms with E-state index in [1.807, 2.05) is 62.4 Å². The molecule has 0 spiro atoms. The van der Waals surface area contributed by atoms with Crippen LogP contribution in [-0.4, -0.2) is 12.1 Å². The third-order valence-electron chi connectivity index (χ3n) is 4.17. The van der Waals surface area contributed by atoms with Crippen LogP contribution in [0.1, 0.15) is 11.1 Å². The van der Waals surface area contributed by atoms with Crippen molar-refractivity contribution in [2.75, 3.05) is 16.4 Å². The van der Waals surface area contributed by atoms with Gasteiger partial charge in [-0.15, -0.1) is 24.3 Å². The molecule has 4 aromatic carbocycles. The first-order chi connectivity index (χ1) is 16.5. The van der Waals surface area contributed by atoms with E-state index >= 15 is 0 Å².